The lowest BCUT2D eigenvalue weighted by atomic mass is 10.1. The van der Waals surface area contributed by atoms with E-state index in [0.29, 0.717) is 6.04 Å². The van der Waals surface area contributed by atoms with Gasteiger partial charge in [0.15, 0.2) is 0 Å². The number of benzene rings is 1. The first-order valence-corrected chi connectivity index (χ1v) is 5.54. The molecule has 78 valence electrons. The van der Waals surface area contributed by atoms with Gasteiger partial charge in [-0.05, 0) is 50.6 Å². The van der Waals surface area contributed by atoms with Gasteiger partial charge in [-0.25, -0.2) is 4.39 Å². The van der Waals surface area contributed by atoms with Crippen molar-refractivity contribution in [3.8, 4) is 0 Å². The predicted octanol–water partition coefficient (Wildman–Crippen LogP) is 3.13. The second-order valence-electron chi connectivity index (χ2n) is 3.46. The molecular weight excluding hydrogens is 245 g/mol. The number of hydrogen-bond donors (Lipinski definition) is 1. The van der Waals surface area contributed by atoms with Crippen LogP contribution in [0.4, 0.5) is 4.39 Å². The molecule has 0 spiro atoms. The molecule has 1 N–H and O–H groups in total. The number of nitrogens with one attached hydrogen (secondary N) is 1. The summed E-state index contributed by atoms with van der Waals surface area (Å²) < 4.78 is 14.2. The molecule has 1 unspecified atom stereocenters. The van der Waals surface area contributed by atoms with Crippen molar-refractivity contribution >= 4 is 15.9 Å². The maximum atomic E-state index is 13.3. The molecule has 14 heavy (non-hydrogen) atoms. The Morgan fingerprint density at radius 2 is 2.21 bits per heavy atom. The van der Waals surface area contributed by atoms with Crippen molar-refractivity contribution in [2.45, 2.75) is 25.8 Å². The molecule has 0 bridgehead atoms. The van der Waals surface area contributed by atoms with E-state index in [1.165, 1.54) is 6.07 Å². The van der Waals surface area contributed by atoms with Gasteiger partial charge in [-0.15, -0.1) is 0 Å². The Morgan fingerprint density at radius 1 is 1.50 bits per heavy atom. The van der Waals surface area contributed by atoms with Crippen LogP contribution in [0.25, 0.3) is 0 Å². The van der Waals surface area contributed by atoms with Gasteiger partial charge in [-0.3, -0.25) is 0 Å². The van der Waals surface area contributed by atoms with Crippen LogP contribution in [0.3, 0.4) is 0 Å². The minimum Gasteiger partial charge on any atom is -0.317 e. The molecule has 1 aromatic rings. The van der Waals surface area contributed by atoms with E-state index >= 15 is 0 Å². The van der Waals surface area contributed by atoms with Gasteiger partial charge in [-0.2, -0.15) is 0 Å². The minimum atomic E-state index is -0.114. The van der Waals surface area contributed by atoms with Crippen LogP contribution in [0.1, 0.15) is 18.9 Å². The maximum absolute atomic E-state index is 13.3. The highest BCUT2D eigenvalue weighted by Gasteiger charge is 2.04. The summed E-state index contributed by atoms with van der Waals surface area (Å²) in [7, 11) is 1.92. The lowest BCUT2D eigenvalue weighted by Gasteiger charge is -2.10. The second-order valence-corrected chi connectivity index (χ2v) is 4.38. The van der Waals surface area contributed by atoms with Crippen LogP contribution in [-0.2, 0) is 6.42 Å². The van der Waals surface area contributed by atoms with Crippen LogP contribution in [0.2, 0.25) is 0 Å². The molecule has 1 atom stereocenters. The van der Waals surface area contributed by atoms with Crippen LogP contribution < -0.4 is 5.32 Å². The third-order valence-electron chi connectivity index (χ3n) is 2.35. The fourth-order valence-corrected chi connectivity index (χ4v) is 1.66. The van der Waals surface area contributed by atoms with Gasteiger partial charge in [0.25, 0.3) is 0 Å². The number of hydrogen-bond acceptors (Lipinski definition) is 1. The van der Waals surface area contributed by atoms with E-state index < -0.39 is 0 Å². The molecule has 0 aromatic heterocycles. The smallest absolute Gasteiger partial charge is 0.126 e. The fraction of sp³-hybridized carbons (Fsp3) is 0.455. The summed E-state index contributed by atoms with van der Waals surface area (Å²) in [6.07, 6.45) is 1.72. The average Bonchev–Trinajstić information content (AvgIpc) is 2.19. The molecule has 0 aliphatic rings. The minimum absolute atomic E-state index is 0.114. The van der Waals surface area contributed by atoms with Crippen LogP contribution >= 0.6 is 15.9 Å². The molecule has 1 nitrogen and oxygen atoms in total. The van der Waals surface area contributed by atoms with Gasteiger partial charge in [-0.1, -0.05) is 15.9 Å². The Hall–Kier alpha value is -0.410. The first-order valence-electron chi connectivity index (χ1n) is 4.74. The van der Waals surface area contributed by atoms with Crippen molar-refractivity contribution in [2.24, 2.45) is 0 Å². The van der Waals surface area contributed by atoms with E-state index in [9.17, 15) is 4.39 Å². The van der Waals surface area contributed by atoms with Crippen LogP contribution in [0.5, 0.6) is 0 Å². The molecule has 0 saturated heterocycles. The normalized spacial score (nSPS) is 12.9. The molecule has 0 saturated carbocycles. The first kappa shape index (κ1) is 11.7. The van der Waals surface area contributed by atoms with Crippen LogP contribution in [0, 0.1) is 5.82 Å². The van der Waals surface area contributed by atoms with Gasteiger partial charge in [0.05, 0.1) is 0 Å². The molecule has 1 aromatic carbocycles. The fourth-order valence-electron chi connectivity index (χ4n) is 1.25. The zero-order chi connectivity index (χ0) is 10.6. The topological polar surface area (TPSA) is 12.0 Å². The second kappa shape index (κ2) is 5.47. The standard InChI is InChI=1S/C11H15BrFN/c1-8(14-2)3-4-9-7-10(12)5-6-11(9)13/h5-8,14H,3-4H2,1-2H3. The van der Waals surface area contributed by atoms with Crippen molar-refractivity contribution in [3.63, 3.8) is 0 Å². The van der Waals surface area contributed by atoms with Crippen LogP contribution in [-0.4, -0.2) is 13.1 Å². The Labute approximate surface area is 92.8 Å². The zero-order valence-electron chi connectivity index (χ0n) is 8.48. The Kier molecular flexibility index (Phi) is 4.55. The van der Waals surface area contributed by atoms with E-state index in [1.807, 2.05) is 13.1 Å². The summed E-state index contributed by atoms with van der Waals surface area (Å²) in [5.41, 5.74) is 0.779. The Bertz CT molecular complexity index is 301. The predicted molar refractivity (Wildman–Crippen MR) is 60.9 cm³/mol. The number of halogens is 2. The van der Waals surface area contributed by atoms with E-state index in [2.05, 4.69) is 28.2 Å². The van der Waals surface area contributed by atoms with Gasteiger partial charge in [0.2, 0.25) is 0 Å². The molecule has 0 fully saturated rings. The Balaban J connectivity index is 2.62. The first-order chi connectivity index (χ1) is 6.63. The number of aryl methyl sites for hydroxylation is 1. The third kappa shape index (κ3) is 3.39. The van der Waals surface area contributed by atoms with Crippen molar-refractivity contribution in [1.82, 2.24) is 5.32 Å². The van der Waals surface area contributed by atoms with Gasteiger partial charge >= 0.3 is 0 Å². The van der Waals surface area contributed by atoms with Crippen molar-refractivity contribution in [2.75, 3.05) is 7.05 Å². The highest BCUT2D eigenvalue weighted by Crippen LogP contribution is 2.17. The van der Waals surface area contributed by atoms with Crippen LogP contribution in [0.15, 0.2) is 22.7 Å². The summed E-state index contributed by atoms with van der Waals surface area (Å²) >= 11 is 3.34. The largest absolute Gasteiger partial charge is 0.317 e. The maximum Gasteiger partial charge on any atom is 0.126 e. The number of rotatable bonds is 4. The molecule has 0 amide bonds. The monoisotopic (exact) mass is 259 g/mol. The molecule has 0 aliphatic heterocycles. The lowest BCUT2D eigenvalue weighted by molar-refractivity contribution is 0.547. The highest BCUT2D eigenvalue weighted by molar-refractivity contribution is 9.10. The van der Waals surface area contributed by atoms with E-state index in [-0.39, 0.29) is 5.82 Å². The lowest BCUT2D eigenvalue weighted by Crippen LogP contribution is -2.21. The third-order valence-corrected chi connectivity index (χ3v) is 2.84. The van der Waals surface area contributed by atoms with Crippen molar-refractivity contribution in [3.05, 3.63) is 34.1 Å². The summed E-state index contributed by atoms with van der Waals surface area (Å²) in [6.45, 7) is 2.09. The van der Waals surface area contributed by atoms with E-state index in [4.69, 9.17) is 0 Å². The van der Waals surface area contributed by atoms with Gasteiger partial charge in [0, 0.05) is 10.5 Å². The Morgan fingerprint density at radius 3 is 2.86 bits per heavy atom. The van der Waals surface area contributed by atoms with Gasteiger partial charge < -0.3 is 5.32 Å². The molecule has 0 aliphatic carbocycles. The SMILES string of the molecule is CNC(C)CCc1cc(Br)ccc1F. The van der Waals surface area contributed by atoms with E-state index in [0.717, 1.165) is 22.9 Å². The summed E-state index contributed by atoms with van der Waals surface area (Å²) in [4.78, 5) is 0. The van der Waals surface area contributed by atoms with E-state index in [1.54, 1.807) is 6.07 Å². The summed E-state index contributed by atoms with van der Waals surface area (Å²) in [5.74, 6) is -0.114. The van der Waals surface area contributed by atoms with Crippen molar-refractivity contribution < 1.29 is 4.39 Å². The highest BCUT2D eigenvalue weighted by atomic mass is 79.9. The molecular formula is C11H15BrFN. The molecule has 0 heterocycles. The summed E-state index contributed by atoms with van der Waals surface area (Å²) in [5, 5.41) is 3.14. The molecule has 0 radical (unpaired) electrons. The summed E-state index contributed by atoms with van der Waals surface area (Å²) in [6, 6.07) is 5.50. The zero-order valence-corrected chi connectivity index (χ0v) is 10.1. The molecule has 3 heteroatoms. The van der Waals surface area contributed by atoms with Gasteiger partial charge in [0.1, 0.15) is 5.82 Å². The average molecular weight is 260 g/mol. The molecule has 1 rings (SSSR count). The quantitative estimate of drug-likeness (QED) is 0.877. The van der Waals surface area contributed by atoms with Crippen molar-refractivity contribution in [1.29, 1.82) is 0 Å².